The number of anilines is 1. The quantitative estimate of drug-likeness (QED) is 0.696. The first-order valence-corrected chi connectivity index (χ1v) is 10.0. The van der Waals surface area contributed by atoms with Gasteiger partial charge in [0.2, 0.25) is 10.1 Å². The summed E-state index contributed by atoms with van der Waals surface area (Å²) < 4.78 is 38.3. The molecule has 6 nitrogen and oxygen atoms in total. The van der Waals surface area contributed by atoms with E-state index in [4.69, 9.17) is 0 Å². The van der Waals surface area contributed by atoms with Crippen molar-refractivity contribution in [2.24, 2.45) is 0 Å². The third kappa shape index (κ3) is 2.67. The first-order chi connectivity index (χ1) is 11.4. The van der Waals surface area contributed by atoms with Crippen LogP contribution in [0.15, 0.2) is 30.5 Å². The van der Waals surface area contributed by atoms with Gasteiger partial charge in [-0.2, -0.15) is 0 Å². The highest BCUT2D eigenvalue weighted by molar-refractivity contribution is 7.92. The standard InChI is InChI=1S/C15H15FN4O2S2/c1-10-8-19(6-7-24(10,21)22)15-18-20-9-13(17-14(20)23-15)11-2-4-12(16)5-3-11/h2-5,9-10H,6-8H2,1H3. The summed E-state index contributed by atoms with van der Waals surface area (Å²) in [4.78, 5) is 7.24. The average molecular weight is 366 g/mol. The molecule has 4 rings (SSSR count). The molecule has 1 aromatic carbocycles. The van der Waals surface area contributed by atoms with E-state index in [1.807, 2.05) is 4.90 Å². The molecule has 0 radical (unpaired) electrons. The second-order valence-electron chi connectivity index (χ2n) is 5.87. The van der Waals surface area contributed by atoms with Crippen molar-refractivity contribution in [2.45, 2.75) is 12.2 Å². The highest BCUT2D eigenvalue weighted by Gasteiger charge is 2.31. The molecule has 1 fully saturated rings. The lowest BCUT2D eigenvalue weighted by molar-refractivity contribution is 0.569. The van der Waals surface area contributed by atoms with Gasteiger partial charge in [0.25, 0.3) is 0 Å². The topological polar surface area (TPSA) is 67.6 Å². The Morgan fingerprint density at radius 3 is 2.71 bits per heavy atom. The lowest BCUT2D eigenvalue weighted by Crippen LogP contribution is -2.45. The second kappa shape index (κ2) is 5.52. The summed E-state index contributed by atoms with van der Waals surface area (Å²) in [5.41, 5.74) is 1.56. The van der Waals surface area contributed by atoms with E-state index < -0.39 is 15.1 Å². The van der Waals surface area contributed by atoms with Crippen molar-refractivity contribution in [2.75, 3.05) is 23.7 Å². The van der Waals surface area contributed by atoms with Gasteiger partial charge in [-0.1, -0.05) is 11.3 Å². The molecular weight excluding hydrogens is 351 g/mol. The Hall–Kier alpha value is -2.00. The molecule has 0 amide bonds. The SMILES string of the molecule is CC1CN(c2nn3cc(-c4ccc(F)cc4)nc3s2)CCS1(=O)=O. The van der Waals surface area contributed by atoms with E-state index in [0.717, 1.165) is 21.3 Å². The monoisotopic (exact) mass is 366 g/mol. The maximum atomic E-state index is 13.0. The molecule has 0 aliphatic carbocycles. The summed E-state index contributed by atoms with van der Waals surface area (Å²) in [6.07, 6.45) is 1.80. The molecule has 0 bridgehead atoms. The first kappa shape index (κ1) is 15.5. The molecule has 1 unspecified atom stereocenters. The molecule has 3 aromatic rings. The molecular formula is C15H15FN4O2S2. The van der Waals surface area contributed by atoms with Gasteiger partial charge in [-0.25, -0.2) is 22.3 Å². The average Bonchev–Trinajstić information content (AvgIpc) is 3.09. The molecule has 3 heterocycles. The lowest BCUT2D eigenvalue weighted by atomic mass is 10.2. The van der Waals surface area contributed by atoms with Crippen LogP contribution < -0.4 is 4.90 Å². The van der Waals surface area contributed by atoms with Crippen molar-refractivity contribution in [3.63, 3.8) is 0 Å². The molecule has 1 aliphatic rings. The van der Waals surface area contributed by atoms with Crippen molar-refractivity contribution in [1.82, 2.24) is 14.6 Å². The normalized spacial score (nSPS) is 20.6. The van der Waals surface area contributed by atoms with Crippen molar-refractivity contribution in [1.29, 1.82) is 0 Å². The van der Waals surface area contributed by atoms with Crippen LogP contribution in [0.1, 0.15) is 6.92 Å². The van der Waals surface area contributed by atoms with Crippen LogP contribution in [0.25, 0.3) is 16.2 Å². The van der Waals surface area contributed by atoms with Crippen molar-refractivity contribution in [3.05, 3.63) is 36.3 Å². The molecule has 1 atom stereocenters. The van der Waals surface area contributed by atoms with Crippen LogP contribution in [0.2, 0.25) is 0 Å². The van der Waals surface area contributed by atoms with Gasteiger partial charge in [0.15, 0.2) is 9.84 Å². The van der Waals surface area contributed by atoms with Crippen LogP contribution in [0, 0.1) is 5.82 Å². The predicted octanol–water partition coefficient (Wildman–Crippen LogP) is 2.22. The lowest BCUT2D eigenvalue weighted by Gasteiger charge is -2.30. The fraction of sp³-hybridized carbons (Fsp3) is 0.333. The van der Waals surface area contributed by atoms with Crippen LogP contribution in [-0.2, 0) is 9.84 Å². The van der Waals surface area contributed by atoms with E-state index in [1.54, 1.807) is 29.8 Å². The summed E-state index contributed by atoms with van der Waals surface area (Å²) in [5.74, 6) is -0.133. The van der Waals surface area contributed by atoms with E-state index in [1.165, 1.54) is 23.5 Å². The summed E-state index contributed by atoms with van der Waals surface area (Å²) in [5, 5.41) is 4.89. The van der Waals surface area contributed by atoms with Crippen LogP contribution in [-0.4, -0.2) is 47.1 Å². The van der Waals surface area contributed by atoms with Gasteiger partial charge in [0, 0.05) is 18.7 Å². The maximum absolute atomic E-state index is 13.0. The van der Waals surface area contributed by atoms with Gasteiger partial charge in [-0.3, -0.25) is 0 Å². The van der Waals surface area contributed by atoms with Crippen molar-refractivity contribution < 1.29 is 12.8 Å². The zero-order valence-electron chi connectivity index (χ0n) is 12.9. The van der Waals surface area contributed by atoms with E-state index in [0.29, 0.717) is 13.1 Å². The number of benzene rings is 1. The Balaban J connectivity index is 1.61. The number of sulfone groups is 1. The number of aromatic nitrogens is 3. The predicted molar refractivity (Wildman–Crippen MR) is 91.7 cm³/mol. The van der Waals surface area contributed by atoms with Crippen molar-refractivity contribution >= 4 is 31.3 Å². The maximum Gasteiger partial charge on any atom is 0.214 e. The molecule has 1 aliphatic heterocycles. The zero-order valence-corrected chi connectivity index (χ0v) is 14.5. The minimum Gasteiger partial charge on any atom is -0.344 e. The molecule has 9 heteroatoms. The Labute approximate surface area is 142 Å². The number of nitrogens with zero attached hydrogens (tertiary/aromatic N) is 4. The smallest absolute Gasteiger partial charge is 0.214 e. The van der Waals surface area contributed by atoms with Gasteiger partial charge in [0.1, 0.15) is 5.82 Å². The van der Waals surface area contributed by atoms with E-state index in [-0.39, 0.29) is 11.6 Å². The molecule has 0 spiro atoms. The Bertz CT molecular complexity index is 963. The number of rotatable bonds is 2. The number of fused-ring (bicyclic) bond motifs is 1. The zero-order chi connectivity index (χ0) is 16.9. The van der Waals surface area contributed by atoms with Gasteiger partial charge in [0.05, 0.1) is 22.9 Å². The Morgan fingerprint density at radius 2 is 2.04 bits per heavy atom. The van der Waals surface area contributed by atoms with Gasteiger partial charge < -0.3 is 4.90 Å². The highest BCUT2D eigenvalue weighted by atomic mass is 32.2. The molecule has 0 N–H and O–H groups in total. The fourth-order valence-corrected chi connectivity index (χ4v) is 4.91. The second-order valence-corrected chi connectivity index (χ2v) is 9.34. The van der Waals surface area contributed by atoms with Crippen molar-refractivity contribution in [3.8, 4) is 11.3 Å². The fourth-order valence-electron chi connectivity index (χ4n) is 2.70. The largest absolute Gasteiger partial charge is 0.344 e. The molecule has 0 saturated carbocycles. The van der Waals surface area contributed by atoms with Crippen LogP contribution in [0.3, 0.4) is 0 Å². The summed E-state index contributed by atoms with van der Waals surface area (Å²) in [6.45, 7) is 2.63. The Kier molecular flexibility index (Phi) is 3.57. The first-order valence-electron chi connectivity index (χ1n) is 7.51. The molecule has 126 valence electrons. The van der Waals surface area contributed by atoms with Crippen LogP contribution in [0.4, 0.5) is 9.52 Å². The van der Waals surface area contributed by atoms with Gasteiger partial charge in [-0.05, 0) is 31.2 Å². The molecule has 24 heavy (non-hydrogen) atoms. The number of halogens is 1. The van der Waals surface area contributed by atoms with Crippen LogP contribution in [0.5, 0.6) is 0 Å². The third-order valence-corrected chi connectivity index (χ3v) is 7.29. The third-order valence-electron chi connectivity index (χ3n) is 4.18. The summed E-state index contributed by atoms with van der Waals surface area (Å²) in [7, 11) is -2.98. The van der Waals surface area contributed by atoms with Gasteiger partial charge in [-0.15, -0.1) is 5.10 Å². The summed E-state index contributed by atoms with van der Waals surface area (Å²) >= 11 is 1.42. The highest BCUT2D eigenvalue weighted by Crippen LogP contribution is 2.28. The van der Waals surface area contributed by atoms with E-state index in [2.05, 4.69) is 10.1 Å². The Morgan fingerprint density at radius 1 is 1.29 bits per heavy atom. The minimum absolute atomic E-state index is 0.150. The minimum atomic E-state index is -2.98. The van der Waals surface area contributed by atoms with Gasteiger partial charge >= 0.3 is 0 Å². The number of imidazole rings is 1. The van der Waals surface area contributed by atoms with Crippen LogP contribution >= 0.6 is 11.3 Å². The number of hydrogen-bond acceptors (Lipinski definition) is 6. The summed E-state index contributed by atoms with van der Waals surface area (Å²) in [6, 6.07) is 6.16. The van der Waals surface area contributed by atoms with E-state index in [9.17, 15) is 12.8 Å². The van der Waals surface area contributed by atoms with E-state index >= 15 is 0 Å². The number of hydrogen-bond donors (Lipinski definition) is 0. The molecule has 1 saturated heterocycles. The molecule has 2 aromatic heterocycles.